The van der Waals surface area contributed by atoms with Crippen molar-refractivity contribution < 1.29 is 14.2 Å². The van der Waals surface area contributed by atoms with E-state index in [1.54, 1.807) is 12.1 Å². The summed E-state index contributed by atoms with van der Waals surface area (Å²) in [6, 6.07) is 7.32. The SMILES string of the molecule is NC(=O)C1CC[NH+](Cc2nc(-c3ccc(Cl)cc3)no2)CC1. The van der Waals surface area contributed by atoms with Gasteiger partial charge in [0, 0.05) is 29.3 Å². The molecule has 116 valence electrons. The number of benzene rings is 1. The summed E-state index contributed by atoms with van der Waals surface area (Å²) >= 11 is 5.87. The Balaban J connectivity index is 1.60. The largest absolute Gasteiger partial charge is 0.369 e. The number of nitrogens with two attached hydrogens (primary N) is 1. The molecule has 0 spiro atoms. The fourth-order valence-electron chi connectivity index (χ4n) is 2.74. The van der Waals surface area contributed by atoms with Gasteiger partial charge in [0.2, 0.25) is 11.7 Å². The molecule has 7 heteroatoms. The third-order valence-corrected chi connectivity index (χ3v) is 4.32. The molecule has 1 aromatic heterocycles. The van der Waals surface area contributed by atoms with E-state index in [0.29, 0.717) is 23.3 Å². The summed E-state index contributed by atoms with van der Waals surface area (Å²) in [6.45, 7) is 2.46. The highest BCUT2D eigenvalue weighted by Gasteiger charge is 2.27. The summed E-state index contributed by atoms with van der Waals surface area (Å²) in [5.41, 5.74) is 6.22. The first kappa shape index (κ1) is 15.0. The van der Waals surface area contributed by atoms with Crippen molar-refractivity contribution in [2.75, 3.05) is 13.1 Å². The van der Waals surface area contributed by atoms with E-state index in [-0.39, 0.29) is 11.8 Å². The molecule has 0 unspecified atom stereocenters. The zero-order valence-corrected chi connectivity index (χ0v) is 12.8. The molecule has 0 atom stereocenters. The summed E-state index contributed by atoms with van der Waals surface area (Å²) in [5, 5.41) is 4.68. The molecule has 1 aromatic carbocycles. The van der Waals surface area contributed by atoms with Crippen molar-refractivity contribution in [1.82, 2.24) is 10.1 Å². The number of carbonyl (C=O) groups is 1. The molecule has 0 saturated carbocycles. The van der Waals surface area contributed by atoms with Gasteiger partial charge in [-0.3, -0.25) is 4.79 Å². The number of hydrogen-bond donors (Lipinski definition) is 2. The van der Waals surface area contributed by atoms with E-state index in [0.717, 1.165) is 31.5 Å². The molecule has 6 nitrogen and oxygen atoms in total. The predicted molar refractivity (Wildman–Crippen MR) is 81.1 cm³/mol. The molecule has 1 amide bonds. The second kappa shape index (κ2) is 6.46. The number of quaternary nitrogens is 1. The van der Waals surface area contributed by atoms with Crippen LogP contribution >= 0.6 is 11.6 Å². The van der Waals surface area contributed by atoms with Gasteiger partial charge in [-0.25, -0.2) is 0 Å². The summed E-state index contributed by atoms with van der Waals surface area (Å²) in [5.74, 6) is 0.994. The number of aromatic nitrogens is 2. The van der Waals surface area contributed by atoms with Crippen molar-refractivity contribution in [3.63, 3.8) is 0 Å². The summed E-state index contributed by atoms with van der Waals surface area (Å²) in [6.07, 6.45) is 1.64. The first-order chi connectivity index (χ1) is 10.6. The van der Waals surface area contributed by atoms with E-state index >= 15 is 0 Å². The molecular weight excluding hydrogens is 304 g/mol. The minimum Gasteiger partial charge on any atom is -0.369 e. The standard InChI is InChI=1S/C15H17ClN4O2/c16-12-3-1-11(2-4-12)15-18-13(22-19-15)9-20-7-5-10(6-8-20)14(17)21/h1-4,10H,5-9H2,(H2,17,21)/p+1. The van der Waals surface area contributed by atoms with E-state index in [9.17, 15) is 4.79 Å². The predicted octanol–water partition coefficient (Wildman–Crippen LogP) is 0.670. The van der Waals surface area contributed by atoms with Crippen molar-refractivity contribution >= 4 is 17.5 Å². The van der Waals surface area contributed by atoms with E-state index < -0.39 is 0 Å². The maximum Gasteiger partial charge on any atom is 0.282 e. The lowest BCUT2D eigenvalue weighted by atomic mass is 9.96. The van der Waals surface area contributed by atoms with E-state index in [4.69, 9.17) is 21.9 Å². The van der Waals surface area contributed by atoms with E-state index in [1.165, 1.54) is 4.90 Å². The number of nitrogens with one attached hydrogen (secondary N) is 1. The number of primary amides is 1. The number of halogens is 1. The van der Waals surface area contributed by atoms with E-state index in [1.807, 2.05) is 12.1 Å². The number of likely N-dealkylation sites (tertiary alicyclic amines) is 1. The van der Waals surface area contributed by atoms with Crippen LogP contribution in [0.3, 0.4) is 0 Å². The number of rotatable bonds is 4. The normalized spacial score (nSPS) is 21.7. The van der Waals surface area contributed by atoms with Gasteiger partial charge in [-0.15, -0.1) is 0 Å². The van der Waals surface area contributed by atoms with Gasteiger partial charge in [-0.1, -0.05) is 16.8 Å². The molecule has 1 aliphatic rings. The second-order valence-corrected chi connectivity index (χ2v) is 6.06. The zero-order valence-electron chi connectivity index (χ0n) is 12.1. The van der Waals surface area contributed by atoms with Gasteiger partial charge in [0.05, 0.1) is 13.1 Å². The van der Waals surface area contributed by atoms with Crippen molar-refractivity contribution in [2.45, 2.75) is 19.4 Å². The monoisotopic (exact) mass is 321 g/mol. The number of amides is 1. The van der Waals surface area contributed by atoms with Crippen molar-refractivity contribution in [2.24, 2.45) is 11.7 Å². The van der Waals surface area contributed by atoms with Gasteiger partial charge in [-0.2, -0.15) is 4.98 Å². The maximum atomic E-state index is 11.2. The summed E-state index contributed by atoms with van der Waals surface area (Å²) in [4.78, 5) is 16.9. The van der Waals surface area contributed by atoms with E-state index in [2.05, 4.69) is 10.1 Å². The molecule has 1 saturated heterocycles. The third kappa shape index (κ3) is 3.45. The van der Waals surface area contributed by atoms with Crippen molar-refractivity contribution in [3.8, 4) is 11.4 Å². The van der Waals surface area contributed by atoms with Crippen LogP contribution in [0.25, 0.3) is 11.4 Å². The number of piperidine rings is 1. The Morgan fingerprint density at radius 2 is 2.00 bits per heavy atom. The number of hydrogen-bond acceptors (Lipinski definition) is 4. The van der Waals surface area contributed by atoms with Crippen LogP contribution in [0.4, 0.5) is 0 Å². The van der Waals surface area contributed by atoms with Gasteiger partial charge >= 0.3 is 0 Å². The van der Waals surface area contributed by atoms with Crippen LogP contribution in [0.2, 0.25) is 5.02 Å². The van der Waals surface area contributed by atoms with Crippen LogP contribution in [0.1, 0.15) is 18.7 Å². The molecule has 2 aromatic rings. The minimum atomic E-state index is -0.193. The van der Waals surface area contributed by atoms with Crippen LogP contribution in [0, 0.1) is 5.92 Å². The highest BCUT2D eigenvalue weighted by atomic mass is 35.5. The Bertz CT molecular complexity index is 648. The molecule has 0 bridgehead atoms. The quantitative estimate of drug-likeness (QED) is 0.866. The average molecular weight is 322 g/mol. The van der Waals surface area contributed by atoms with Crippen LogP contribution in [0.5, 0.6) is 0 Å². The third-order valence-electron chi connectivity index (χ3n) is 4.07. The fourth-order valence-corrected chi connectivity index (χ4v) is 2.87. The van der Waals surface area contributed by atoms with Gasteiger partial charge in [0.15, 0.2) is 6.54 Å². The molecular formula is C15H18ClN4O2+. The molecule has 3 N–H and O–H groups in total. The molecule has 0 radical (unpaired) electrons. The molecule has 2 heterocycles. The van der Waals surface area contributed by atoms with Crippen molar-refractivity contribution in [3.05, 3.63) is 35.2 Å². The van der Waals surface area contributed by atoms with Crippen LogP contribution in [-0.4, -0.2) is 29.1 Å². The Hall–Kier alpha value is -1.92. The van der Waals surface area contributed by atoms with Gasteiger partial charge in [-0.05, 0) is 24.3 Å². The van der Waals surface area contributed by atoms with Crippen molar-refractivity contribution in [1.29, 1.82) is 0 Å². The molecule has 1 fully saturated rings. The lowest BCUT2D eigenvalue weighted by molar-refractivity contribution is -0.920. The summed E-state index contributed by atoms with van der Waals surface area (Å²) in [7, 11) is 0. The molecule has 22 heavy (non-hydrogen) atoms. The topological polar surface area (TPSA) is 86.5 Å². The van der Waals surface area contributed by atoms with Crippen LogP contribution in [0.15, 0.2) is 28.8 Å². The maximum absolute atomic E-state index is 11.2. The Morgan fingerprint density at radius 1 is 1.32 bits per heavy atom. The Kier molecular flexibility index (Phi) is 4.40. The second-order valence-electron chi connectivity index (χ2n) is 5.62. The van der Waals surface area contributed by atoms with Gasteiger partial charge in [0.25, 0.3) is 5.89 Å². The Labute approximate surface area is 133 Å². The first-order valence-corrected chi connectivity index (χ1v) is 7.71. The molecule has 3 rings (SSSR count). The first-order valence-electron chi connectivity index (χ1n) is 7.33. The molecule has 1 aliphatic heterocycles. The summed E-state index contributed by atoms with van der Waals surface area (Å²) < 4.78 is 5.32. The van der Waals surface area contributed by atoms with Gasteiger partial charge < -0.3 is 15.2 Å². The lowest BCUT2D eigenvalue weighted by Gasteiger charge is -2.26. The highest BCUT2D eigenvalue weighted by Crippen LogP contribution is 2.18. The number of carbonyl (C=O) groups excluding carboxylic acids is 1. The molecule has 0 aliphatic carbocycles. The zero-order chi connectivity index (χ0) is 15.5. The Morgan fingerprint density at radius 3 is 2.64 bits per heavy atom. The highest BCUT2D eigenvalue weighted by molar-refractivity contribution is 6.30. The van der Waals surface area contributed by atoms with Crippen LogP contribution in [-0.2, 0) is 11.3 Å². The van der Waals surface area contributed by atoms with Crippen LogP contribution < -0.4 is 10.6 Å². The minimum absolute atomic E-state index is 0.0102. The average Bonchev–Trinajstić information content (AvgIpc) is 2.97. The smallest absolute Gasteiger partial charge is 0.282 e. The number of nitrogens with zero attached hydrogens (tertiary/aromatic N) is 2. The lowest BCUT2D eigenvalue weighted by Crippen LogP contribution is -3.11. The fraction of sp³-hybridized carbons (Fsp3) is 0.400. The van der Waals surface area contributed by atoms with Gasteiger partial charge in [0.1, 0.15) is 0 Å².